The lowest BCUT2D eigenvalue weighted by Crippen LogP contribution is -2.36. The first-order valence-corrected chi connectivity index (χ1v) is 6.76. The van der Waals surface area contributed by atoms with Crippen molar-refractivity contribution in [2.45, 2.75) is 50.7 Å². The van der Waals surface area contributed by atoms with Gasteiger partial charge in [-0.15, -0.1) is 0 Å². The van der Waals surface area contributed by atoms with E-state index in [1.807, 2.05) is 6.26 Å². The Bertz CT molecular complexity index is 377. The average Bonchev–Trinajstić information content (AvgIpc) is 2.87. The van der Waals surface area contributed by atoms with E-state index in [1.54, 1.807) is 0 Å². The van der Waals surface area contributed by atoms with E-state index < -0.39 is 0 Å². The number of hydrogen-bond donors (Lipinski definition) is 1. The van der Waals surface area contributed by atoms with Gasteiger partial charge in [0, 0.05) is 36.7 Å². The van der Waals surface area contributed by atoms with Gasteiger partial charge in [0.05, 0.1) is 6.26 Å². The van der Waals surface area contributed by atoms with E-state index in [0.717, 1.165) is 6.42 Å². The first kappa shape index (κ1) is 11.3. The second kappa shape index (κ2) is 4.46. The molecule has 3 unspecified atom stereocenters. The zero-order valence-corrected chi connectivity index (χ0v) is 10.8. The molecule has 94 valence electrons. The third-order valence-corrected chi connectivity index (χ3v) is 4.38. The second-order valence-corrected chi connectivity index (χ2v) is 5.63. The highest BCUT2D eigenvalue weighted by Crippen LogP contribution is 2.31. The van der Waals surface area contributed by atoms with Crippen LogP contribution in [0.1, 0.15) is 43.6 Å². The monoisotopic (exact) mass is 234 g/mol. The summed E-state index contributed by atoms with van der Waals surface area (Å²) in [6.07, 6.45) is 6.72. The molecule has 2 heterocycles. The maximum atomic E-state index is 5.54. The summed E-state index contributed by atoms with van der Waals surface area (Å²) in [5.41, 5.74) is 1.40. The van der Waals surface area contributed by atoms with Crippen LogP contribution in [0.4, 0.5) is 0 Å². The minimum atomic E-state index is 0.515. The highest BCUT2D eigenvalue weighted by Gasteiger charge is 2.30. The summed E-state index contributed by atoms with van der Waals surface area (Å²) in [7, 11) is 2.22. The number of fused-ring (bicyclic) bond motifs is 1. The Labute approximate surface area is 103 Å². The maximum Gasteiger partial charge on any atom is 0.108 e. The van der Waals surface area contributed by atoms with Gasteiger partial charge in [0.2, 0.25) is 0 Å². The van der Waals surface area contributed by atoms with Gasteiger partial charge in [-0.3, -0.25) is 0 Å². The van der Waals surface area contributed by atoms with E-state index in [-0.39, 0.29) is 0 Å². The van der Waals surface area contributed by atoms with Crippen LogP contribution in [0.15, 0.2) is 16.7 Å². The molecule has 1 saturated heterocycles. The Balaban J connectivity index is 1.68. The average molecular weight is 234 g/mol. The van der Waals surface area contributed by atoms with Crippen molar-refractivity contribution < 1.29 is 4.42 Å². The summed E-state index contributed by atoms with van der Waals surface area (Å²) in [5, 5.41) is 3.82. The predicted molar refractivity (Wildman–Crippen MR) is 68.0 cm³/mol. The van der Waals surface area contributed by atoms with Crippen LogP contribution in [-0.2, 0) is 6.42 Å². The van der Waals surface area contributed by atoms with Crippen molar-refractivity contribution in [1.82, 2.24) is 10.2 Å². The molecular weight excluding hydrogens is 212 g/mol. The van der Waals surface area contributed by atoms with Crippen LogP contribution in [-0.4, -0.2) is 30.6 Å². The number of furan rings is 1. The second-order valence-electron chi connectivity index (χ2n) is 5.63. The lowest BCUT2D eigenvalue weighted by atomic mass is 9.92. The van der Waals surface area contributed by atoms with E-state index in [0.29, 0.717) is 18.1 Å². The third-order valence-electron chi connectivity index (χ3n) is 4.38. The molecule has 0 aromatic carbocycles. The molecule has 3 atom stereocenters. The Morgan fingerprint density at radius 3 is 3.12 bits per heavy atom. The molecule has 3 nitrogen and oxygen atoms in total. The fourth-order valence-electron chi connectivity index (χ4n) is 3.26. The number of rotatable bonds is 2. The first-order valence-electron chi connectivity index (χ1n) is 6.76. The van der Waals surface area contributed by atoms with Gasteiger partial charge in [0.25, 0.3) is 0 Å². The minimum Gasteiger partial charge on any atom is -0.469 e. The molecule has 3 heteroatoms. The zero-order valence-electron chi connectivity index (χ0n) is 10.8. The van der Waals surface area contributed by atoms with Crippen LogP contribution >= 0.6 is 0 Å². The molecule has 0 radical (unpaired) electrons. The van der Waals surface area contributed by atoms with Gasteiger partial charge in [-0.1, -0.05) is 0 Å². The van der Waals surface area contributed by atoms with Crippen molar-refractivity contribution in [3.63, 3.8) is 0 Å². The van der Waals surface area contributed by atoms with Gasteiger partial charge >= 0.3 is 0 Å². The smallest absolute Gasteiger partial charge is 0.108 e. The summed E-state index contributed by atoms with van der Waals surface area (Å²) in [5.74, 6) is 1.20. The normalized spacial score (nSPS) is 33.9. The number of likely N-dealkylation sites (N-methyl/N-ethyl adjacent to an activating group) is 1. The third kappa shape index (κ3) is 2.14. The fourth-order valence-corrected chi connectivity index (χ4v) is 3.26. The summed E-state index contributed by atoms with van der Waals surface area (Å²) in [6, 6.07) is 4.01. The zero-order chi connectivity index (χ0) is 11.8. The van der Waals surface area contributed by atoms with Crippen LogP contribution in [0, 0.1) is 0 Å². The summed E-state index contributed by atoms with van der Waals surface area (Å²) < 4.78 is 5.54. The molecule has 3 rings (SSSR count). The Kier molecular flexibility index (Phi) is 2.97. The van der Waals surface area contributed by atoms with E-state index >= 15 is 0 Å². The van der Waals surface area contributed by atoms with Gasteiger partial charge in [-0.2, -0.15) is 0 Å². The molecule has 17 heavy (non-hydrogen) atoms. The molecule has 1 aliphatic carbocycles. The van der Waals surface area contributed by atoms with E-state index in [1.165, 1.54) is 37.1 Å². The Morgan fingerprint density at radius 2 is 2.35 bits per heavy atom. The molecule has 0 bridgehead atoms. The first-order chi connectivity index (χ1) is 8.24. The molecule has 1 fully saturated rings. The van der Waals surface area contributed by atoms with Crippen LogP contribution in [0.3, 0.4) is 0 Å². The van der Waals surface area contributed by atoms with Crippen molar-refractivity contribution in [3.8, 4) is 0 Å². The number of hydrogen-bond acceptors (Lipinski definition) is 3. The van der Waals surface area contributed by atoms with Crippen molar-refractivity contribution >= 4 is 0 Å². The van der Waals surface area contributed by atoms with E-state index in [2.05, 4.69) is 30.3 Å². The van der Waals surface area contributed by atoms with E-state index in [9.17, 15) is 0 Å². The summed E-state index contributed by atoms with van der Waals surface area (Å²) >= 11 is 0. The molecule has 1 N–H and O–H groups in total. The summed E-state index contributed by atoms with van der Waals surface area (Å²) in [4.78, 5) is 2.44. The molecule has 1 aromatic rings. The van der Waals surface area contributed by atoms with Gasteiger partial charge in [-0.05, 0) is 39.3 Å². The summed E-state index contributed by atoms with van der Waals surface area (Å²) in [6.45, 7) is 3.48. The number of aryl methyl sites for hydroxylation is 1. The highest BCUT2D eigenvalue weighted by molar-refractivity contribution is 5.24. The fraction of sp³-hybridized carbons (Fsp3) is 0.714. The van der Waals surface area contributed by atoms with Crippen LogP contribution in [0.5, 0.6) is 0 Å². The molecule has 1 aliphatic heterocycles. The van der Waals surface area contributed by atoms with E-state index in [4.69, 9.17) is 4.42 Å². The van der Waals surface area contributed by atoms with Crippen molar-refractivity contribution in [3.05, 3.63) is 23.7 Å². The maximum absolute atomic E-state index is 5.54. The highest BCUT2D eigenvalue weighted by atomic mass is 16.3. The lowest BCUT2D eigenvalue weighted by molar-refractivity contribution is 0.321. The van der Waals surface area contributed by atoms with Crippen LogP contribution in [0.2, 0.25) is 0 Å². The Morgan fingerprint density at radius 1 is 1.47 bits per heavy atom. The van der Waals surface area contributed by atoms with Gasteiger partial charge < -0.3 is 14.6 Å². The molecule has 1 aromatic heterocycles. The predicted octanol–water partition coefficient (Wildman–Crippen LogP) is 2.34. The van der Waals surface area contributed by atoms with Crippen LogP contribution < -0.4 is 5.32 Å². The molecule has 2 aliphatic rings. The Hall–Kier alpha value is -0.800. The largest absolute Gasteiger partial charge is 0.469 e. The lowest BCUT2D eigenvalue weighted by Gasteiger charge is -2.26. The number of nitrogens with zero attached hydrogens (tertiary/aromatic N) is 1. The van der Waals surface area contributed by atoms with Gasteiger partial charge in [0.15, 0.2) is 0 Å². The van der Waals surface area contributed by atoms with Crippen LogP contribution in [0.25, 0.3) is 0 Å². The van der Waals surface area contributed by atoms with Gasteiger partial charge in [0.1, 0.15) is 5.76 Å². The number of nitrogens with one attached hydrogen (secondary N) is 1. The molecular formula is C14H22N2O. The van der Waals surface area contributed by atoms with Gasteiger partial charge in [-0.25, -0.2) is 0 Å². The standard InChI is InChI=1S/C14H22N2O/c1-10-8-11(9-16(10)2)15-13-4-3-5-14-12(13)6-7-17-14/h6-7,10-11,13,15H,3-5,8-9H2,1-2H3. The molecule has 0 saturated carbocycles. The molecule has 0 amide bonds. The minimum absolute atomic E-state index is 0.515. The molecule has 0 spiro atoms. The van der Waals surface area contributed by atoms with Crippen molar-refractivity contribution in [1.29, 1.82) is 0 Å². The SMILES string of the molecule is CC1CC(NC2CCCc3occc32)CN1C. The topological polar surface area (TPSA) is 28.4 Å². The van der Waals surface area contributed by atoms with Crippen molar-refractivity contribution in [2.75, 3.05) is 13.6 Å². The number of likely N-dealkylation sites (tertiary alicyclic amines) is 1. The van der Waals surface area contributed by atoms with Crippen molar-refractivity contribution in [2.24, 2.45) is 0 Å². The quantitative estimate of drug-likeness (QED) is 0.851.